The molecule has 1 aliphatic rings. The van der Waals surface area contributed by atoms with Gasteiger partial charge < -0.3 is 14.2 Å². The lowest BCUT2D eigenvalue weighted by atomic mass is 9.95. The topological polar surface area (TPSA) is 79.1 Å². The summed E-state index contributed by atoms with van der Waals surface area (Å²) in [6.07, 6.45) is 3.31. The fraction of sp³-hybridized carbons (Fsp3) is 0.276. The van der Waals surface area contributed by atoms with Crippen LogP contribution in [-0.4, -0.2) is 30.9 Å². The van der Waals surface area contributed by atoms with Crippen LogP contribution in [0.4, 0.5) is 4.39 Å². The Labute approximate surface area is 223 Å². The van der Waals surface area contributed by atoms with E-state index in [2.05, 4.69) is 11.6 Å². The standard InChI is InChI=1S/C29H29FN2O5S/c1-6-13-36-22-12-9-20(15-23(22)35-5)26-25(28(34)37-16-17(2)3)18(4)31-29-32(26)27(33)24(38-29)14-19-7-10-21(30)11-8-19/h6-12,14-15,17,26H,1,13,16H2,2-5H3. The number of nitrogens with zero attached hydrogens (tertiary/aromatic N) is 2. The Morgan fingerprint density at radius 3 is 2.61 bits per heavy atom. The number of methoxy groups -OCH3 is 1. The van der Waals surface area contributed by atoms with E-state index in [9.17, 15) is 14.0 Å². The summed E-state index contributed by atoms with van der Waals surface area (Å²) in [5, 5.41) is 0. The van der Waals surface area contributed by atoms with Crippen LogP contribution in [-0.2, 0) is 9.53 Å². The van der Waals surface area contributed by atoms with Crippen molar-refractivity contribution in [1.29, 1.82) is 0 Å². The molecule has 38 heavy (non-hydrogen) atoms. The maximum Gasteiger partial charge on any atom is 0.338 e. The van der Waals surface area contributed by atoms with Gasteiger partial charge in [-0.05, 0) is 54.3 Å². The minimum Gasteiger partial charge on any atom is -0.493 e. The fourth-order valence-electron chi connectivity index (χ4n) is 4.05. The minimum atomic E-state index is -0.802. The van der Waals surface area contributed by atoms with Crippen molar-refractivity contribution in [2.45, 2.75) is 26.8 Å². The van der Waals surface area contributed by atoms with E-state index in [0.717, 1.165) is 0 Å². The van der Waals surface area contributed by atoms with Crippen LogP contribution in [0.5, 0.6) is 11.5 Å². The highest BCUT2D eigenvalue weighted by atomic mass is 32.1. The molecule has 1 atom stereocenters. The van der Waals surface area contributed by atoms with Crippen LogP contribution in [0.3, 0.4) is 0 Å². The number of carbonyl (C=O) groups excluding carboxylic acids is 1. The first-order valence-corrected chi connectivity index (χ1v) is 12.9. The summed E-state index contributed by atoms with van der Waals surface area (Å²) < 4.78 is 32.1. The van der Waals surface area contributed by atoms with Gasteiger partial charge in [-0.2, -0.15) is 0 Å². The molecule has 1 aliphatic heterocycles. The number of esters is 1. The molecule has 4 rings (SSSR count). The molecule has 1 unspecified atom stereocenters. The average Bonchev–Trinajstić information content (AvgIpc) is 3.20. The first-order chi connectivity index (χ1) is 18.2. The third kappa shape index (κ3) is 5.62. The Kier molecular flexibility index (Phi) is 8.26. The molecule has 7 nitrogen and oxygen atoms in total. The van der Waals surface area contributed by atoms with Crippen LogP contribution >= 0.6 is 11.3 Å². The van der Waals surface area contributed by atoms with E-state index in [-0.39, 0.29) is 29.5 Å². The van der Waals surface area contributed by atoms with E-state index in [1.807, 2.05) is 13.8 Å². The second-order valence-electron chi connectivity index (χ2n) is 9.14. The molecule has 2 aromatic carbocycles. The van der Waals surface area contributed by atoms with Crippen LogP contribution in [0.15, 0.2) is 76.2 Å². The number of hydrogen-bond acceptors (Lipinski definition) is 7. The van der Waals surface area contributed by atoms with Gasteiger partial charge in [0.2, 0.25) is 0 Å². The molecule has 0 aliphatic carbocycles. The number of aromatic nitrogens is 1. The van der Waals surface area contributed by atoms with Gasteiger partial charge in [-0.25, -0.2) is 14.2 Å². The number of fused-ring (bicyclic) bond motifs is 1. The normalized spacial score (nSPS) is 15.2. The number of benzene rings is 2. The number of ether oxygens (including phenoxy) is 3. The highest BCUT2D eigenvalue weighted by molar-refractivity contribution is 7.07. The monoisotopic (exact) mass is 536 g/mol. The van der Waals surface area contributed by atoms with Gasteiger partial charge in [-0.15, -0.1) is 0 Å². The van der Waals surface area contributed by atoms with Gasteiger partial charge in [0.25, 0.3) is 5.56 Å². The zero-order valence-electron chi connectivity index (χ0n) is 21.7. The largest absolute Gasteiger partial charge is 0.493 e. The van der Waals surface area contributed by atoms with Crippen molar-refractivity contribution in [3.8, 4) is 11.5 Å². The van der Waals surface area contributed by atoms with Gasteiger partial charge in [-0.3, -0.25) is 9.36 Å². The lowest BCUT2D eigenvalue weighted by Crippen LogP contribution is -2.40. The Hall–Kier alpha value is -3.98. The lowest BCUT2D eigenvalue weighted by Gasteiger charge is -2.25. The lowest BCUT2D eigenvalue weighted by molar-refractivity contribution is -0.140. The maximum absolute atomic E-state index is 13.7. The average molecular weight is 537 g/mol. The van der Waals surface area contributed by atoms with Crippen LogP contribution in [0.1, 0.15) is 37.9 Å². The van der Waals surface area contributed by atoms with Crippen LogP contribution in [0.2, 0.25) is 0 Å². The maximum atomic E-state index is 13.7. The minimum absolute atomic E-state index is 0.136. The van der Waals surface area contributed by atoms with Crippen LogP contribution < -0.4 is 24.4 Å². The Morgan fingerprint density at radius 2 is 1.95 bits per heavy atom. The second-order valence-corrected chi connectivity index (χ2v) is 10.1. The van der Waals surface area contributed by atoms with Crippen molar-refractivity contribution >= 4 is 23.4 Å². The molecule has 0 bridgehead atoms. The summed E-state index contributed by atoms with van der Waals surface area (Å²) in [5.41, 5.74) is 1.71. The SMILES string of the molecule is C=CCOc1ccc(C2C(C(=O)OCC(C)C)=C(C)N=c3sc(=Cc4ccc(F)cc4)c(=O)n32)cc1OC. The van der Waals surface area contributed by atoms with E-state index in [4.69, 9.17) is 14.2 Å². The van der Waals surface area contributed by atoms with E-state index in [0.29, 0.717) is 44.3 Å². The molecule has 9 heteroatoms. The van der Waals surface area contributed by atoms with Crippen molar-refractivity contribution in [2.75, 3.05) is 20.3 Å². The first kappa shape index (κ1) is 27.1. The van der Waals surface area contributed by atoms with Crippen molar-refractivity contribution in [3.63, 3.8) is 0 Å². The van der Waals surface area contributed by atoms with Crippen molar-refractivity contribution in [1.82, 2.24) is 4.57 Å². The van der Waals surface area contributed by atoms with Crippen LogP contribution in [0, 0.1) is 11.7 Å². The van der Waals surface area contributed by atoms with Gasteiger partial charge in [-0.1, -0.05) is 56.0 Å². The predicted molar refractivity (Wildman–Crippen MR) is 145 cm³/mol. The van der Waals surface area contributed by atoms with E-state index < -0.39 is 12.0 Å². The summed E-state index contributed by atoms with van der Waals surface area (Å²) in [7, 11) is 1.52. The molecular weight excluding hydrogens is 507 g/mol. The van der Waals surface area contributed by atoms with Crippen LogP contribution in [0.25, 0.3) is 6.08 Å². The summed E-state index contributed by atoms with van der Waals surface area (Å²) in [4.78, 5) is 32.1. The highest BCUT2D eigenvalue weighted by Gasteiger charge is 2.34. The fourth-order valence-corrected chi connectivity index (χ4v) is 5.10. The predicted octanol–water partition coefficient (Wildman–Crippen LogP) is 4.15. The summed E-state index contributed by atoms with van der Waals surface area (Å²) in [6, 6.07) is 10.3. The molecule has 0 N–H and O–H groups in total. The Balaban J connectivity index is 1.90. The molecule has 198 valence electrons. The van der Waals surface area contributed by atoms with E-state index in [1.165, 1.54) is 35.1 Å². The van der Waals surface area contributed by atoms with Gasteiger partial charge in [0, 0.05) is 0 Å². The first-order valence-electron chi connectivity index (χ1n) is 12.1. The zero-order chi connectivity index (χ0) is 27.4. The van der Waals surface area contributed by atoms with Gasteiger partial charge in [0.1, 0.15) is 12.4 Å². The van der Waals surface area contributed by atoms with Gasteiger partial charge in [0.15, 0.2) is 16.3 Å². The summed E-state index contributed by atoms with van der Waals surface area (Å²) in [6.45, 7) is 9.82. The molecular formula is C29H29FN2O5S. The molecule has 3 aromatic rings. The molecule has 0 amide bonds. The summed E-state index contributed by atoms with van der Waals surface area (Å²) in [5.74, 6) is 0.186. The molecule has 0 radical (unpaired) electrons. The quantitative estimate of drug-likeness (QED) is 0.303. The molecule has 0 spiro atoms. The Morgan fingerprint density at radius 1 is 1.21 bits per heavy atom. The smallest absolute Gasteiger partial charge is 0.338 e. The van der Waals surface area contributed by atoms with Crippen molar-refractivity contribution < 1.29 is 23.4 Å². The molecule has 2 heterocycles. The molecule has 1 aromatic heterocycles. The van der Waals surface area contributed by atoms with Gasteiger partial charge >= 0.3 is 5.97 Å². The number of rotatable bonds is 9. The number of hydrogen-bond donors (Lipinski definition) is 0. The second kappa shape index (κ2) is 11.6. The number of halogens is 1. The Bertz CT molecular complexity index is 1570. The molecule has 0 saturated carbocycles. The van der Waals surface area contributed by atoms with Gasteiger partial charge in [0.05, 0.1) is 35.6 Å². The highest BCUT2D eigenvalue weighted by Crippen LogP contribution is 2.36. The number of allylic oxidation sites excluding steroid dienone is 1. The summed E-state index contributed by atoms with van der Waals surface area (Å²) >= 11 is 1.20. The number of carbonyl (C=O) groups is 1. The van der Waals surface area contributed by atoms with Crippen molar-refractivity contribution in [2.24, 2.45) is 10.9 Å². The molecule has 0 saturated heterocycles. The van der Waals surface area contributed by atoms with E-state index >= 15 is 0 Å². The van der Waals surface area contributed by atoms with Crippen molar-refractivity contribution in [3.05, 3.63) is 103 Å². The number of thiazole rings is 1. The zero-order valence-corrected chi connectivity index (χ0v) is 22.5. The third-order valence-corrected chi connectivity index (χ3v) is 6.80. The third-order valence-electron chi connectivity index (χ3n) is 5.82. The van der Waals surface area contributed by atoms with E-state index in [1.54, 1.807) is 49.4 Å². The molecule has 0 fully saturated rings.